The van der Waals surface area contributed by atoms with Gasteiger partial charge in [0.25, 0.3) is 0 Å². The normalized spacial score (nSPS) is 14.3. The molecule has 13 heavy (non-hydrogen) atoms. The molecule has 82 valence electrons. The summed E-state index contributed by atoms with van der Waals surface area (Å²) in [7, 11) is 2.08. The van der Waals surface area contributed by atoms with Crippen LogP contribution in [0, 0.1) is 5.92 Å². The van der Waals surface area contributed by atoms with Gasteiger partial charge in [0.2, 0.25) is 0 Å². The van der Waals surface area contributed by atoms with E-state index < -0.39 is 0 Å². The lowest BCUT2D eigenvalue weighted by atomic mass is 9.95. The van der Waals surface area contributed by atoms with Gasteiger partial charge in [-0.05, 0) is 19.4 Å². The van der Waals surface area contributed by atoms with Crippen LogP contribution in [-0.4, -0.2) is 13.1 Å². The number of unbranched alkanes of at least 4 members (excludes halogenated alkanes) is 1. The lowest BCUT2D eigenvalue weighted by Crippen LogP contribution is -2.31. The van der Waals surface area contributed by atoms with Crippen molar-refractivity contribution in [1.82, 2.24) is 5.32 Å². The zero-order valence-corrected chi connectivity index (χ0v) is 10.5. The fourth-order valence-corrected chi connectivity index (χ4v) is 1.42. The molecule has 0 fully saturated rings. The van der Waals surface area contributed by atoms with E-state index in [1.54, 1.807) is 0 Å². The van der Waals surface area contributed by atoms with E-state index in [0.29, 0.717) is 0 Å². The van der Waals surface area contributed by atoms with E-state index in [4.69, 9.17) is 0 Å². The summed E-state index contributed by atoms with van der Waals surface area (Å²) < 4.78 is 0. The maximum absolute atomic E-state index is 3.39. The molecule has 0 radical (unpaired) electrons. The molecule has 2 unspecified atom stereocenters. The Morgan fingerprint density at radius 2 is 1.69 bits per heavy atom. The van der Waals surface area contributed by atoms with Crippen LogP contribution in [-0.2, 0) is 0 Å². The summed E-state index contributed by atoms with van der Waals surface area (Å²) in [5.41, 5.74) is 0. The predicted molar refractivity (Wildman–Crippen MR) is 63.2 cm³/mol. The Hall–Kier alpha value is -0.0400. The molecule has 0 amide bonds. The van der Waals surface area contributed by atoms with Crippen molar-refractivity contribution in [2.45, 2.75) is 66.3 Å². The molecule has 0 spiro atoms. The van der Waals surface area contributed by atoms with E-state index >= 15 is 0 Å². The molecule has 1 nitrogen and oxygen atoms in total. The second kappa shape index (κ2) is 12.0. The van der Waals surface area contributed by atoms with E-state index in [9.17, 15) is 0 Å². The third kappa shape index (κ3) is 8.29. The quantitative estimate of drug-likeness (QED) is 0.666. The molecule has 1 heteroatoms. The minimum absolute atomic E-state index is 0.736. The average Bonchev–Trinajstić information content (AvgIpc) is 2.21. The van der Waals surface area contributed by atoms with Gasteiger partial charge in [0.05, 0.1) is 0 Å². The van der Waals surface area contributed by atoms with E-state index in [1.165, 1.54) is 25.7 Å². The zero-order valence-electron chi connectivity index (χ0n) is 10.5. The van der Waals surface area contributed by atoms with E-state index in [1.807, 2.05) is 13.8 Å². The lowest BCUT2D eigenvalue weighted by molar-refractivity contribution is 0.360. The van der Waals surface area contributed by atoms with Gasteiger partial charge in [-0.15, -0.1) is 0 Å². The number of nitrogens with one attached hydrogen (secondary N) is 1. The molecule has 0 heterocycles. The molecule has 0 rings (SSSR count). The summed E-state index contributed by atoms with van der Waals surface area (Å²) in [5.74, 6) is 0.826. The SMILES string of the molecule is CC.CCCCC(NC)C(C)CC. The van der Waals surface area contributed by atoms with Crippen molar-refractivity contribution in [1.29, 1.82) is 0 Å². The molecule has 0 aromatic rings. The van der Waals surface area contributed by atoms with Crippen molar-refractivity contribution >= 4 is 0 Å². The Kier molecular flexibility index (Phi) is 14.2. The molecule has 0 aromatic heterocycles. The van der Waals surface area contributed by atoms with Crippen molar-refractivity contribution in [3.05, 3.63) is 0 Å². The highest BCUT2D eigenvalue weighted by atomic mass is 14.9. The standard InChI is InChI=1S/C10H23N.C2H6/c1-5-7-8-10(11-4)9(3)6-2;1-2/h9-11H,5-8H2,1-4H3;1-2H3. The second-order valence-corrected chi connectivity index (χ2v) is 3.42. The summed E-state index contributed by atoms with van der Waals surface area (Å²) >= 11 is 0. The van der Waals surface area contributed by atoms with Crippen LogP contribution in [0.1, 0.15) is 60.3 Å². The number of hydrogen-bond acceptors (Lipinski definition) is 1. The largest absolute Gasteiger partial charge is 0.317 e. The molecular formula is C12H29N. The Morgan fingerprint density at radius 1 is 1.15 bits per heavy atom. The average molecular weight is 187 g/mol. The maximum atomic E-state index is 3.39. The first-order chi connectivity index (χ1) is 6.26. The van der Waals surface area contributed by atoms with E-state index in [0.717, 1.165) is 12.0 Å². The van der Waals surface area contributed by atoms with Crippen LogP contribution in [0.2, 0.25) is 0 Å². The predicted octanol–water partition coefficient (Wildman–Crippen LogP) is 3.84. The van der Waals surface area contributed by atoms with Crippen molar-refractivity contribution in [2.24, 2.45) is 5.92 Å². The van der Waals surface area contributed by atoms with Crippen LogP contribution >= 0.6 is 0 Å². The summed E-state index contributed by atoms with van der Waals surface area (Å²) in [6.07, 6.45) is 5.29. The Labute approximate surface area is 85.3 Å². The smallest absolute Gasteiger partial charge is 0.00895 e. The van der Waals surface area contributed by atoms with Crippen LogP contribution in [0.25, 0.3) is 0 Å². The van der Waals surface area contributed by atoms with Gasteiger partial charge in [0, 0.05) is 6.04 Å². The highest BCUT2D eigenvalue weighted by molar-refractivity contribution is 4.69. The molecule has 0 aromatic carbocycles. The molecule has 0 bridgehead atoms. The maximum Gasteiger partial charge on any atom is 0.00895 e. The van der Waals surface area contributed by atoms with Crippen LogP contribution in [0.5, 0.6) is 0 Å². The first-order valence-corrected chi connectivity index (χ1v) is 5.93. The van der Waals surface area contributed by atoms with Gasteiger partial charge in [0.1, 0.15) is 0 Å². The third-order valence-electron chi connectivity index (χ3n) is 2.57. The molecular weight excluding hydrogens is 158 g/mol. The van der Waals surface area contributed by atoms with E-state index in [2.05, 4.69) is 33.1 Å². The van der Waals surface area contributed by atoms with Gasteiger partial charge < -0.3 is 5.32 Å². The Balaban J connectivity index is 0. The molecule has 0 aliphatic carbocycles. The van der Waals surface area contributed by atoms with Gasteiger partial charge in [-0.3, -0.25) is 0 Å². The number of hydrogen-bond donors (Lipinski definition) is 1. The molecule has 0 saturated carbocycles. The summed E-state index contributed by atoms with van der Waals surface area (Å²) in [6.45, 7) is 10.8. The molecule has 0 aliphatic rings. The minimum Gasteiger partial charge on any atom is -0.317 e. The molecule has 1 N–H and O–H groups in total. The first-order valence-electron chi connectivity index (χ1n) is 5.93. The number of rotatable bonds is 6. The lowest BCUT2D eigenvalue weighted by Gasteiger charge is -2.21. The van der Waals surface area contributed by atoms with Crippen molar-refractivity contribution < 1.29 is 0 Å². The van der Waals surface area contributed by atoms with Crippen LogP contribution in [0.3, 0.4) is 0 Å². The van der Waals surface area contributed by atoms with Gasteiger partial charge in [0.15, 0.2) is 0 Å². The van der Waals surface area contributed by atoms with Gasteiger partial charge in [-0.2, -0.15) is 0 Å². The first kappa shape index (κ1) is 15.4. The van der Waals surface area contributed by atoms with Crippen LogP contribution < -0.4 is 5.32 Å². The molecule has 0 aliphatic heterocycles. The zero-order chi connectivity index (χ0) is 10.7. The van der Waals surface area contributed by atoms with Crippen LogP contribution in [0.4, 0.5) is 0 Å². The molecule has 0 saturated heterocycles. The fraction of sp³-hybridized carbons (Fsp3) is 1.00. The third-order valence-corrected chi connectivity index (χ3v) is 2.57. The fourth-order valence-electron chi connectivity index (χ4n) is 1.42. The van der Waals surface area contributed by atoms with Gasteiger partial charge >= 0.3 is 0 Å². The van der Waals surface area contributed by atoms with Crippen molar-refractivity contribution in [3.8, 4) is 0 Å². The van der Waals surface area contributed by atoms with E-state index in [-0.39, 0.29) is 0 Å². The topological polar surface area (TPSA) is 12.0 Å². The van der Waals surface area contributed by atoms with Crippen molar-refractivity contribution in [3.63, 3.8) is 0 Å². The molecule has 2 atom stereocenters. The van der Waals surface area contributed by atoms with Gasteiger partial charge in [-0.1, -0.05) is 53.9 Å². The van der Waals surface area contributed by atoms with Crippen molar-refractivity contribution in [2.75, 3.05) is 7.05 Å². The highest BCUT2D eigenvalue weighted by Gasteiger charge is 2.11. The summed E-state index contributed by atoms with van der Waals surface area (Å²) in [5, 5.41) is 3.39. The summed E-state index contributed by atoms with van der Waals surface area (Å²) in [4.78, 5) is 0. The Morgan fingerprint density at radius 3 is 2.00 bits per heavy atom. The highest BCUT2D eigenvalue weighted by Crippen LogP contribution is 2.12. The minimum atomic E-state index is 0.736. The Bertz CT molecular complexity index is 81.2. The monoisotopic (exact) mass is 187 g/mol. The van der Waals surface area contributed by atoms with Gasteiger partial charge in [-0.25, -0.2) is 0 Å². The van der Waals surface area contributed by atoms with Crippen LogP contribution in [0.15, 0.2) is 0 Å². The summed E-state index contributed by atoms with van der Waals surface area (Å²) in [6, 6.07) is 0.736. The second-order valence-electron chi connectivity index (χ2n) is 3.42.